The van der Waals surface area contributed by atoms with E-state index < -0.39 is 0 Å². The summed E-state index contributed by atoms with van der Waals surface area (Å²) < 4.78 is 0. The van der Waals surface area contributed by atoms with Crippen LogP contribution in [-0.2, 0) is 6.42 Å². The quantitative estimate of drug-likeness (QED) is 0.792. The molecule has 2 aromatic heterocycles. The molecule has 2 heterocycles. The zero-order chi connectivity index (χ0) is 13.9. The van der Waals surface area contributed by atoms with E-state index in [4.69, 9.17) is 0 Å². The van der Waals surface area contributed by atoms with Gasteiger partial charge in [-0.15, -0.1) is 0 Å². The standard InChI is InChI=1S/C16H15N3O/c1-2-5-15-18-14(8-16(20)19-15)13-10-17-9-11-6-3-4-7-12(11)13/h3-4,6-10H,2,5H2,1H3,(H,18,19,20). The van der Waals surface area contributed by atoms with Gasteiger partial charge in [-0.1, -0.05) is 31.2 Å². The van der Waals surface area contributed by atoms with Gasteiger partial charge in [0.25, 0.3) is 5.56 Å². The van der Waals surface area contributed by atoms with Crippen LogP contribution in [0, 0.1) is 0 Å². The Labute approximate surface area is 116 Å². The fraction of sp³-hybridized carbons (Fsp3) is 0.188. The monoisotopic (exact) mass is 265 g/mol. The number of rotatable bonds is 3. The van der Waals surface area contributed by atoms with Crippen molar-refractivity contribution in [3.8, 4) is 11.3 Å². The Balaban J connectivity index is 2.23. The molecule has 4 nitrogen and oxygen atoms in total. The van der Waals surface area contributed by atoms with E-state index in [0.717, 1.165) is 35.0 Å². The van der Waals surface area contributed by atoms with Crippen LogP contribution < -0.4 is 5.56 Å². The van der Waals surface area contributed by atoms with Gasteiger partial charge >= 0.3 is 0 Å². The van der Waals surface area contributed by atoms with Gasteiger partial charge in [-0.05, 0) is 11.8 Å². The summed E-state index contributed by atoms with van der Waals surface area (Å²) in [4.78, 5) is 23.3. The van der Waals surface area contributed by atoms with Crippen LogP contribution in [0.2, 0.25) is 0 Å². The van der Waals surface area contributed by atoms with Crippen molar-refractivity contribution in [2.24, 2.45) is 0 Å². The second kappa shape index (κ2) is 5.25. The zero-order valence-corrected chi connectivity index (χ0v) is 11.3. The summed E-state index contributed by atoms with van der Waals surface area (Å²) in [5, 5.41) is 2.10. The third kappa shape index (κ3) is 2.32. The normalized spacial score (nSPS) is 10.8. The number of nitrogens with one attached hydrogen (secondary N) is 1. The highest BCUT2D eigenvalue weighted by Crippen LogP contribution is 2.25. The predicted molar refractivity (Wildman–Crippen MR) is 79.6 cm³/mol. The minimum Gasteiger partial charge on any atom is -0.311 e. The summed E-state index contributed by atoms with van der Waals surface area (Å²) in [5.41, 5.74) is 1.46. The maximum absolute atomic E-state index is 11.8. The lowest BCUT2D eigenvalue weighted by molar-refractivity contribution is 0.828. The van der Waals surface area contributed by atoms with E-state index in [1.165, 1.54) is 6.07 Å². The average Bonchev–Trinajstić information content (AvgIpc) is 2.46. The van der Waals surface area contributed by atoms with Crippen LogP contribution in [0.5, 0.6) is 0 Å². The van der Waals surface area contributed by atoms with Crippen LogP contribution in [0.1, 0.15) is 19.2 Å². The van der Waals surface area contributed by atoms with Crippen molar-refractivity contribution < 1.29 is 0 Å². The molecule has 0 aliphatic rings. The number of pyridine rings is 1. The molecule has 0 unspecified atom stereocenters. The van der Waals surface area contributed by atoms with Crippen molar-refractivity contribution in [1.29, 1.82) is 0 Å². The zero-order valence-electron chi connectivity index (χ0n) is 11.3. The molecule has 0 saturated heterocycles. The van der Waals surface area contributed by atoms with Gasteiger partial charge in [0.2, 0.25) is 0 Å². The minimum atomic E-state index is -0.119. The SMILES string of the molecule is CCCc1nc(-c2cncc3ccccc23)cc(=O)[nH]1. The third-order valence-corrected chi connectivity index (χ3v) is 3.22. The number of fused-ring (bicyclic) bond motifs is 1. The van der Waals surface area contributed by atoms with Gasteiger partial charge in [0.05, 0.1) is 5.69 Å². The lowest BCUT2D eigenvalue weighted by Crippen LogP contribution is -2.11. The summed E-state index contributed by atoms with van der Waals surface area (Å²) in [6, 6.07) is 9.51. The van der Waals surface area contributed by atoms with Gasteiger partial charge in [0.1, 0.15) is 5.82 Å². The predicted octanol–water partition coefficient (Wildman–Crippen LogP) is 2.94. The number of hydrogen-bond acceptors (Lipinski definition) is 3. The molecule has 100 valence electrons. The van der Waals surface area contributed by atoms with Crippen molar-refractivity contribution in [1.82, 2.24) is 15.0 Å². The largest absolute Gasteiger partial charge is 0.311 e. The first-order chi connectivity index (χ1) is 9.78. The van der Waals surface area contributed by atoms with Gasteiger partial charge in [-0.2, -0.15) is 0 Å². The number of aromatic nitrogens is 3. The Morgan fingerprint density at radius 2 is 2.05 bits per heavy atom. The molecular formula is C16H15N3O. The highest BCUT2D eigenvalue weighted by atomic mass is 16.1. The van der Waals surface area contributed by atoms with Crippen LogP contribution >= 0.6 is 0 Å². The van der Waals surface area contributed by atoms with Gasteiger partial charge in [-0.25, -0.2) is 4.98 Å². The Hall–Kier alpha value is -2.49. The van der Waals surface area contributed by atoms with E-state index >= 15 is 0 Å². The minimum absolute atomic E-state index is 0.119. The second-order valence-corrected chi connectivity index (χ2v) is 4.74. The van der Waals surface area contributed by atoms with Crippen molar-refractivity contribution in [2.45, 2.75) is 19.8 Å². The van der Waals surface area contributed by atoms with Crippen molar-refractivity contribution >= 4 is 10.8 Å². The Bertz CT molecular complexity index is 803. The molecule has 0 saturated carbocycles. The number of nitrogens with zero attached hydrogens (tertiary/aromatic N) is 2. The maximum atomic E-state index is 11.8. The molecule has 0 aliphatic carbocycles. The summed E-state index contributed by atoms with van der Waals surface area (Å²) in [5.74, 6) is 0.725. The summed E-state index contributed by atoms with van der Waals surface area (Å²) in [6.07, 6.45) is 5.29. The fourth-order valence-electron chi connectivity index (χ4n) is 2.32. The van der Waals surface area contributed by atoms with Crippen molar-refractivity contribution in [3.05, 3.63) is 58.9 Å². The Morgan fingerprint density at radius 3 is 2.90 bits per heavy atom. The third-order valence-electron chi connectivity index (χ3n) is 3.22. The molecule has 1 aromatic carbocycles. The summed E-state index contributed by atoms with van der Waals surface area (Å²) in [6.45, 7) is 2.06. The molecule has 0 atom stereocenters. The molecule has 0 fully saturated rings. The molecule has 0 aliphatic heterocycles. The lowest BCUT2D eigenvalue weighted by Gasteiger charge is -2.06. The molecule has 0 bridgehead atoms. The topological polar surface area (TPSA) is 58.6 Å². The van der Waals surface area contributed by atoms with E-state index in [9.17, 15) is 4.79 Å². The smallest absolute Gasteiger partial charge is 0.251 e. The molecular weight excluding hydrogens is 250 g/mol. The lowest BCUT2D eigenvalue weighted by atomic mass is 10.1. The average molecular weight is 265 g/mol. The van der Waals surface area contributed by atoms with Crippen LogP contribution in [0.25, 0.3) is 22.0 Å². The van der Waals surface area contributed by atoms with Gasteiger partial charge in [-0.3, -0.25) is 9.78 Å². The van der Waals surface area contributed by atoms with Crippen molar-refractivity contribution in [2.75, 3.05) is 0 Å². The fourth-order valence-corrected chi connectivity index (χ4v) is 2.32. The van der Waals surface area contributed by atoms with E-state index in [1.54, 1.807) is 6.20 Å². The van der Waals surface area contributed by atoms with E-state index in [1.807, 2.05) is 30.5 Å². The van der Waals surface area contributed by atoms with E-state index in [-0.39, 0.29) is 5.56 Å². The first-order valence-electron chi connectivity index (χ1n) is 6.71. The molecule has 3 rings (SSSR count). The highest BCUT2D eigenvalue weighted by molar-refractivity contribution is 5.94. The summed E-state index contributed by atoms with van der Waals surface area (Å²) in [7, 11) is 0. The first-order valence-corrected chi connectivity index (χ1v) is 6.71. The second-order valence-electron chi connectivity index (χ2n) is 4.74. The molecule has 0 spiro atoms. The van der Waals surface area contributed by atoms with Crippen LogP contribution in [0.15, 0.2) is 47.5 Å². The summed E-state index contributed by atoms with van der Waals surface area (Å²) >= 11 is 0. The molecule has 20 heavy (non-hydrogen) atoms. The van der Waals surface area contributed by atoms with E-state index in [0.29, 0.717) is 5.69 Å². The number of benzene rings is 1. The van der Waals surface area contributed by atoms with E-state index in [2.05, 4.69) is 21.9 Å². The van der Waals surface area contributed by atoms with Gasteiger partial charge in [0.15, 0.2) is 0 Å². The van der Waals surface area contributed by atoms with Crippen LogP contribution in [0.4, 0.5) is 0 Å². The molecule has 3 aromatic rings. The van der Waals surface area contributed by atoms with Gasteiger partial charge in [0, 0.05) is 35.8 Å². The number of H-pyrrole nitrogens is 1. The molecule has 0 radical (unpaired) electrons. The molecule has 1 N–H and O–H groups in total. The Kier molecular flexibility index (Phi) is 3.29. The number of aryl methyl sites for hydroxylation is 1. The van der Waals surface area contributed by atoms with Crippen LogP contribution in [0.3, 0.4) is 0 Å². The highest BCUT2D eigenvalue weighted by Gasteiger charge is 2.08. The Morgan fingerprint density at radius 1 is 1.20 bits per heavy atom. The van der Waals surface area contributed by atoms with Crippen molar-refractivity contribution in [3.63, 3.8) is 0 Å². The molecule has 4 heteroatoms. The van der Waals surface area contributed by atoms with Crippen LogP contribution in [-0.4, -0.2) is 15.0 Å². The molecule has 0 amide bonds. The van der Waals surface area contributed by atoms with Gasteiger partial charge < -0.3 is 4.98 Å². The number of hydrogen-bond donors (Lipinski definition) is 1. The first kappa shape index (κ1) is 12.5. The maximum Gasteiger partial charge on any atom is 0.251 e. The number of aromatic amines is 1.